The number of hydrogen-bond donors (Lipinski definition) is 0. The van der Waals surface area contributed by atoms with Crippen molar-refractivity contribution in [1.29, 1.82) is 0 Å². The van der Waals surface area contributed by atoms with Gasteiger partial charge in [0.25, 0.3) is 0 Å². The maximum atomic E-state index is 13.0. The lowest BCUT2D eigenvalue weighted by molar-refractivity contribution is 0.0962. The first-order valence-corrected chi connectivity index (χ1v) is 14.9. The fourth-order valence-corrected chi connectivity index (χ4v) is 6.57. The summed E-state index contributed by atoms with van der Waals surface area (Å²) in [4.78, 5) is 71.1. The Bertz CT molecular complexity index is 1580. The van der Waals surface area contributed by atoms with Crippen LogP contribution in [0, 0.1) is 6.92 Å². The number of carbonyl (C=O) groups is 4. The maximum absolute atomic E-state index is 13.0. The molecule has 1 aromatic carbocycles. The Morgan fingerprint density at radius 3 is 2.12 bits per heavy atom. The Morgan fingerprint density at radius 1 is 0.829 bits per heavy atom. The first-order chi connectivity index (χ1) is 19.7. The van der Waals surface area contributed by atoms with Crippen LogP contribution in [0.1, 0.15) is 71.0 Å². The van der Waals surface area contributed by atoms with E-state index in [-0.39, 0.29) is 58.8 Å². The summed E-state index contributed by atoms with van der Waals surface area (Å²) in [5.74, 6) is -0.0257. The Hall–Kier alpha value is -3.74. The van der Waals surface area contributed by atoms with Gasteiger partial charge in [0.1, 0.15) is 31.9 Å². The second kappa shape index (κ2) is 12.4. The van der Waals surface area contributed by atoms with Crippen LogP contribution in [0.15, 0.2) is 34.3 Å². The predicted octanol–water partition coefficient (Wildman–Crippen LogP) is 4.42. The largest absolute Gasteiger partial charge is 0.497 e. The molecule has 2 aliphatic carbocycles. The van der Waals surface area contributed by atoms with Crippen LogP contribution in [0.3, 0.4) is 0 Å². The number of ether oxygens (including phenoxy) is 1. The number of hydrogen-bond acceptors (Lipinski definition) is 12. The van der Waals surface area contributed by atoms with Crippen molar-refractivity contribution in [3.63, 3.8) is 0 Å². The van der Waals surface area contributed by atoms with Crippen LogP contribution in [0.5, 0.6) is 5.75 Å². The number of rotatable bonds is 10. The van der Waals surface area contributed by atoms with Gasteiger partial charge >= 0.3 is 0 Å². The molecule has 0 N–H and O–H groups in total. The van der Waals surface area contributed by atoms with Gasteiger partial charge in [-0.2, -0.15) is 0 Å². The number of aliphatic imine (C=N–C) groups is 2. The van der Waals surface area contributed by atoms with Gasteiger partial charge in [-0.25, -0.2) is 9.97 Å². The molecule has 10 nitrogen and oxygen atoms in total. The van der Waals surface area contributed by atoms with E-state index >= 15 is 0 Å². The number of Topliss-reactive ketones (excluding diaryl/α,β-unsaturated/α-hetero) is 4. The van der Waals surface area contributed by atoms with Crippen LogP contribution >= 0.6 is 22.7 Å². The Morgan fingerprint density at radius 2 is 1.46 bits per heavy atom. The van der Waals surface area contributed by atoms with Crippen LogP contribution in [-0.2, 0) is 0 Å². The minimum absolute atomic E-state index is 0.0308. The standard InChI is InChI=1S/C29H29N5O5S2/c1-16-32-24-25(37)19(15-22(36)27(24)40-16)30-10-4-12-34(2)13-5-11-31-20-14-21(35)23-28(26(20)38)41-29(33-23)17-6-8-18(39-3)9-7-17/h6-9H,4-5,10-15H2,1-3H3. The highest BCUT2D eigenvalue weighted by atomic mass is 32.1. The van der Waals surface area contributed by atoms with Gasteiger partial charge < -0.3 is 9.64 Å². The molecule has 0 radical (unpaired) electrons. The van der Waals surface area contributed by atoms with E-state index in [9.17, 15) is 19.2 Å². The number of aromatic nitrogens is 2. The molecule has 12 heteroatoms. The monoisotopic (exact) mass is 591 g/mol. The quantitative estimate of drug-likeness (QED) is 0.317. The molecule has 0 saturated carbocycles. The average molecular weight is 592 g/mol. The molecule has 0 saturated heterocycles. The average Bonchev–Trinajstić information content (AvgIpc) is 3.59. The lowest BCUT2D eigenvalue weighted by atomic mass is 9.98. The summed E-state index contributed by atoms with van der Waals surface area (Å²) in [5, 5.41) is 1.33. The summed E-state index contributed by atoms with van der Waals surface area (Å²) in [5.41, 5.74) is 1.87. The third-order valence-electron chi connectivity index (χ3n) is 6.82. The van der Waals surface area contributed by atoms with Crippen LogP contribution in [0.2, 0.25) is 0 Å². The third kappa shape index (κ3) is 6.29. The molecular weight excluding hydrogens is 562 g/mol. The van der Waals surface area contributed by atoms with Gasteiger partial charge in [0.15, 0.2) is 11.6 Å². The molecular formula is C29H29N5O5S2. The molecule has 2 aliphatic rings. The van der Waals surface area contributed by atoms with Crippen LogP contribution < -0.4 is 4.74 Å². The maximum Gasteiger partial charge on any atom is 0.227 e. The number of benzene rings is 1. The first-order valence-electron chi connectivity index (χ1n) is 13.3. The fraction of sp³-hybridized carbons (Fsp3) is 0.379. The highest BCUT2D eigenvalue weighted by Gasteiger charge is 2.34. The molecule has 0 amide bonds. The lowest BCUT2D eigenvalue weighted by Crippen LogP contribution is -2.27. The molecule has 0 aliphatic heterocycles. The lowest BCUT2D eigenvalue weighted by Gasteiger charge is -2.16. The van der Waals surface area contributed by atoms with Crippen molar-refractivity contribution in [3.8, 4) is 16.3 Å². The summed E-state index contributed by atoms with van der Waals surface area (Å²) in [6, 6.07) is 7.33. The van der Waals surface area contributed by atoms with Gasteiger partial charge in [-0.1, -0.05) is 0 Å². The van der Waals surface area contributed by atoms with Crippen molar-refractivity contribution in [2.75, 3.05) is 40.3 Å². The molecule has 0 fully saturated rings. The molecule has 212 valence electrons. The topological polar surface area (TPSA) is 131 Å². The zero-order valence-electron chi connectivity index (χ0n) is 23.1. The molecule has 2 heterocycles. The van der Waals surface area contributed by atoms with Crippen LogP contribution in [-0.4, -0.2) is 89.8 Å². The summed E-state index contributed by atoms with van der Waals surface area (Å²) >= 11 is 2.48. The number of ketones is 4. The van der Waals surface area contributed by atoms with E-state index in [0.29, 0.717) is 32.9 Å². The third-order valence-corrected chi connectivity index (χ3v) is 8.93. The molecule has 5 rings (SSSR count). The first kappa shape index (κ1) is 28.8. The van der Waals surface area contributed by atoms with E-state index in [1.807, 2.05) is 31.3 Å². The van der Waals surface area contributed by atoms with Crippen molar-refractivity contribution in [3.05, 3.63) is 50.4 Å². The minimum Gasteiger partial charge on any atom is -0.497 e. The zero-order valence-corrected chi connectivity index (χ0v) is 24.7. The van der Waals surface area contributed by atoms with Crippen molar-refractivity contribution in [1.82, 2.24) is 14.9 Å². The van der Waals surface area contributed by atoms with E-state index in [0.717, 1.165) is 37.2 Å². The number of aryl methyl sites for hydroxylation is 1. The van der Waals surface area contributed by atoms with Gasteiger partial charge in [0, 0.05) is 18.7 Å². The van der Waals surface area contributed by atoms with E-state index in [1.165, 1.54) is 22.7 Å². The second-order valence-corrected chi connectivity index (χ2v) is 12.1. The van der Waals surface area contributed by atoms with Crippen LogP contribution in [0.25, 0.3) is 10.6 Å². The van der Waals surface area contributed by atoms with E-state index in [1.54, 1.807) is 14.0 Å². The van der Waals surface area contributed by atoms with Crippen molar-refractivity contribution in [2.45, 2.75) is 32.6 Å². The molecule has 0 bridgehead atoms. The van der Waals surface area contributed by atoms with Crippen molar-refractivity contribution in [2.24, 2.45) is 9.98 Å². The minimum atomic E-state index is -0.241. The molecule has 0 unspecified atom stereocenters. The normalized spacial score (nSPS) is 17.1. The molecule has 2 aromatic heterocycles. The Kier molecular flexibility index (Phi) is 8.71. The van der Waals surface area contributed by atoms with Gasteiger partial charge in [0.2, 0.25) is 11.6 Å². The highest BCUT2D eigenvalue weighted by Crippen LogP contribution is 2.33. The molecule has 0 spiro atoms. The summed E-state index contributed by atoms with van der Waals surface area (Å²) in [6.07, 6.45) is 1.46. The highest BCUT2D eigenvalue weighted by molar-refractivity contribution is 7.18. The van der Waals surface area contributed by atoms with E-state index < -0.39 is 0 Å². The summed E-state index contributed by atoms with van der Waals surface area (Å²) in [6.45, 7) is 4.18. The Labute approximate surface area is 245 Å². The summed E-state index contributed by atoms with van der Waals surface area (Å²) < 4.78 is 5.19. The Balaban J connectivity index is 1.09. The van der Waals surface area contributed by atoms with E-state index in [4.69, 9.17) is 4.74 Å². The zero-order chi connectivity index (χ0) is 29.1. The number of thiazole rings is 2. The van der Waals surface area contributed by atoms with Crippen LogP contribution in [0.4, 0.5) is 0 Å². The number of carbonyl (C=O) groups excluding carboxylic acids is 4. The van der Waals surface area contributed by atoms with Gasteiger partial charge in [-0.3, -0.25) is 29.2 Å². The molecule has 3 aromatic rings. The predicted molar refractivity (Wildman–Crippen MR) is 159 cm³/mol. The SMILES string of the molecule is COc1ccc(-c2nc3c(s2)C(=O)C(=NCCCN(C)CCCN=C2CC(=O)c4sc(C)nc4C2=O)CC3=O)cc1. The number of fused-ring (bicyclic) bond motifs is 2. The fourth-order valence-electron chi connectivity index (χ4n) is 4.66. The van der Waals surface area contributed by atoms with Gasteiger partial charge in [-0.15, -0.1) is 22.7 Å². The summed E-state index contributed by atoms with van der Waals surface area (Å²) in [7, 11) is 3.58. The smallest absolute Gasteiger partial charge is 0.227 e. The van der Waals surface area contributed by atoms with E-state index in [2.05, 4.69) is 24.9 Å². The number of nitrogens with zero attached hydrogens (tertiary/aromatic N) is 5. The molecule has 0 atom stereocenters. The molecule has 41 heavy (non-hydrogen) atoms. The van der Waals surface area contributed by atoms with Gasteiger partial charge in [-0.05, 0) is 64.2 Å². The second-order valence-electron chi connectivity index (χ2n) is 9.86. The van der Waals surface area contributed by atoms with Crippen molar-refractivity contribution < 1.29 is 23.9 Å². The number of methoxy groups -OCH3 is 1. The van der Waals surface area contributed by atoms with Crippen molar-refractivity contribution >= 4 is 57.2 Å². The van der Waals surface area contributed by atoms with Gasteiger partial charge in [0.05, 0.1) is 36.4 Å².